The van der Waals surface area contributed by atoms with E-state index < -0.39 is 23.5 Å². The highest BCUT2D eigenvalue weighted by atomic mass is 16.5. The molecule has 8 heteroatoms. The van der Waals surface area contributed by atoms with Crippen LogP contribution in [-0.4, -0.2) is 54.9 Å². The standard InChI is InChI=1S/C31H42N4O4/c1-19(32-5)28(36)34-27(31(2,3)4)30(38)35-18-22-16-23(39-6)15-14-21(22)17-26(35)29(37)33-25-13-9-11-20-10-7-8-12-24(20)25/h7-8,10,12,14-16,19,25-27,32H,9,11,13,17-18H2,1-6H3,(H,33,37)(H,34,36)/t19-,25?,26-,27+/m0/s1. The molecular weight excluding hydrogens is 492 g/mol. The smallest absolute Gasteiger partial charge is 0.246 e. The number of carbonyl (C=O) groups is 3. The van der Waals surface area contributed by atoms with E-state index in [1.54, 1.807) is 26.0 Å². The Kier molecular flexibility index (Phi) is 8.64. The predicted molar refractivity (Wildman–Crippen MR) is 151 cm³/mol. The molecule has 0 saturated carbocycles. The van der Waals surface area contributed by atoms with Crippen LogP contribution in [0.2, 0.25) is 0 Å². The Morgan fingerprint density at radius 1 is 1.05 bits per heavy atom. The van der Waals surface area contributed by atoms with Gasteiger partial charge < -0.3 is 25.6 Å². The van der Waals surface area contributed by atoms with Crippen molar-refractivity contribution in [3.8, 4) is 5.75 Å². The maximum Gasteiger partial charge on any atom is 0.246 e. The molecule has 3 amide bonds. The summed E-state index contributed by atoms with van der Waals surface area (Å²) in [6, 6.07) is 12.0. The van der Waals surface area contributed by atoms with Crippen LogP contribution < -0.4 is 20.7 Å². The van der Waals surface area contributed by atoms with Crippen molar-refractivity contribution in [2.24, 2.45) is 5.41 Å². The van der Waals surface area contributed by atoms with Crippen LogP contribution in [-0.2, 0) is 33.8 Å². The lowest BCUT2D eigenvalue weighted by atomic mass is 9.83. The number of hydrogen-bond donors (Lipinski definition) is 3. The Hall–Kier alpha value is -3.39. The number of benzene rings is 2. The van der Waals surface area contributed by atoms with E-state index in [4.69, 9.17) is 4.74 Å². The van der Waals surface area contributed by atoms with E-state index in [0.29, 0.717) is 12.2 Å². The van der Waals surface area contributed by atoms with Crippen molar-refractivity contribution >= 4 is 17.7 Å². The molecule has 8 nitrogen and oxygen atoms in total. The third kappa shape index (κ3) is 6.27. The van der Waals surface area contributed by atoms with E-state index in [9.17, 15) is 14.4 Å². The average molecular weight is 535 g/mol. The molecule has 210 valence electrons. The van der Waals surface area contributed by atoms with Crippen molar-refractivity contribution in [3.05, 3.63) is 64.7 Å². The summed E-state index contributed by atoms with van der Waals surface area (Å²) in [6.45, 7) is 7.79. The monoisotopic (exact) mass is 534 g/mol. The number of nitrogens with one attached hydrogen (secondary N) is 3. The molecule has 2 aromatic carbocycles. The molecule has 2 aromatic rings. The summed E-state index contributed by atoms with van der Waals surface area (Å²) in [5.74, 6) is 0.00182. The normalized spacial score (nSPS) is 20.2. The molecule has 0 aromatic heterocycles. The average Bonchev–Trinajstić information content (AvgIpc) is 2.93. The molecule has 1 aliphatic heterocycles. The van der Waals surface area contributed by atoms with Gasteiger partial charge in [-0.15, -0.1) is 0 Å². The molecule has 3 N–H and O–H groups in total. The first-order valence-electron chi connectivity index (χ1n) is 13.9. The Morgan fingerprint density at radius 2 is 1.79 bits per heavy atom. The molecule has 4 rings (SSSR count). The summed E-state index contributed by atoms with van der Waals surface area (Å²) in [6.07, 6.45) is 3.26. The number of hydrogen-bond acceptors (Lipinski definition) is 5. The van der Waals surface area contributed by atoms with Crippen molar-refractivity contribution in [2.45, 2.75) is 84.1 Å². The zero-order chi connectivity index (χ0) is 28.3. The summed E-state index contributed by atoms with van der Waals surface area (Å²) in [5, 5.41) is 9.16. The SMILES string of the molecule is CN[C@@H](C)C(=O)N[C@H](C(=O)N1Cc2cc(OC)ccc2C[C@H]1C(=O)NC1CCCc2ccccc21)C(C)(C)C. The first-order chi connectivity index (χ1) is 18.5. The van der Waals surface area contributed by atoms with Gasteiger partial charge >= 0.3 is 0 Å². The molecule has 2 aliphatic rings. The van der Waals surface area contributed by atoms with E-state index in [2.05, 4.69) is 28.1 Å². The molecule has 0 bridgehead atoms. The minimum absolute atomic E-state index is 0.0914. The molecule has 0 saturated heterocycles. The number of fused-ring (bicyclic) bond motifs is 2. The number of amides is 3. The van der Waals surface area contributed by atoms with Gasteiger partial charge in [0, 0.05) is 13.0 Å². The first kappa shape index (κ1) is 28.6. The number of rotatable bonds is 7. The van der Waals surface area contributed by atoms with Crippen molar-refractivity contribution in [2.75, 3.05) is 14.2 Å². The van der Waals surface area contributed by atoms with Gasteiger partial charge in [0.2, 0.25) is 17.7 Å². The van der Waals surface area contributed by atoms with Crippen LogP contribution in [0.5, 0.6) is 5.75 Å². The van der Waals surface area contributed by atoms with Gasteiger partial charge in [0.1, 0.15) is 17.8 Å². The minimum Gasteiger partial charge on any atom is -0.497 e. The Labute approximate surface area is 231 Å². The van der Waals surface area contributed by atoms with Crippen LogP contribution >= 0.6 is 0 Å². The third-order valence-corrected chi connectivity index (χ3v) is 8.04. The fraction of sp³-hybridized carbons (Fsp3) is 0.516. The number of aryl methyl sites for hydroxylation is 1. The minimum atomic E-state index is -0.807. The van der Waals surface area contributed by atoms with Crippen LogP contribution in [0.1, 0.15) is 68.8 Å². The second-order valence-electron chi connectivity index (χ2n) is 11.8. The van der Waals surface area contributed by atoms with Crippen LogP contribution in [0.3, 0.4) is 0 Å². The number of methoxy groups -OCH3 is 1. The maximum atomic E-state index is 14.2. The van der Waals surface area contributed by atoms with Crippen molar-refractivity contribution < 1.29 is 19.1 Å². The van der Waals surface area contributed by atoms with Crippen LogP contribution in [0.4, 0.5) is 0 Å². The number of nitrogens with zero attached hydrogens (tertiary/aromatic N) is 1. The lowest BCUT2D eigenvalue weighted by Crippen LogP contribution is -2.62. The molecule has 1 heterocycles. The van der Waals surface area contributed by atoms with Gasteiger partial charge in [0.15, 0.2) is 0 Å². The fourth-order valence-electron chi connectivity index (χ4n) is 5.54. The van der Waals surface area contributed by atoms with Gasteiger partial charge in [0.25, 0.3) is 0 Å². The van der Waals surface area contributed by atoms with E-state index >= 15 is 0 Å². The second kappa shape index (κ2) is 11.8. The molecule has 4 atom stereocenters. The second-order valence-corrected chi connectivity index (χ2v) is 11.8. The zero-order valence-electron chi connectivity index (χ0n) is 24.0. The van der Waals surface area contributed by atoms with Crippen molar-refractivity contribution in [1.82, 2.24) is 20.9 Å². The number of ether oxygens (including phenoxy) is 1. The van der Waals surface area contributed by atoms with Gasteiger partial charge in [-0.1, -0.05) is 51.1 Å². The highest BCUT2D eigenvalue weighted by molar-refractivity contribution is 5.94. The Balaban J connectivity index is 1.66. The highest BCUT2D eigenvalue weighted by Gasteiger charge is 2.43. The van der Waals surface area contributed by atoms with Crippen molar-refractivity contribution in [1.29, 1.82) is 0 Å². The molecule has 0 radical (unpaired) electrons. The van der Waals surface area contributed by atoms with Gasteiger partial charge in [-0.2, -0.15) is 0 Å². The molecular formula is C31H42N4O4. The molecule has 39 heavy (non-hydrogen) atoms. The summed E-state index contributed by atoms with van der Waals surface area (Å²) >= 11 is 0. The zero-order valence-corrected chi connectivity index (χ0v) is 24.0. The Bertz CT molecular complexity index is 1220. The van der Waals surface area contributed by atoms with E-state index in [1.807, 2.05) is 51.1 Å². The lowest BCUT2D eigenvalue weighted by Gasteiger charge is -2.41. The van der Waals surface area contributed by atoms with Gasteiger partial charge in [0.05, 0.1) is 19.2 Å². The highest BCUT2D eigenvalue weighted by Crippen LogP contribution is 2.33. The molecule has 1 unspecified atom stereocenters. The number of likely N-dealkylation sites (N-methyl/N-ethyl adjacent to an activating group) is 1. The quantitative estimate of drug-likeness (QED) is 0.506. The van der Waals surface area contributed by atoms with Crippen LogP contribution in [0.15, 0.2) is 42.5 Å². The largest absolute Gasteiger partial charge is 0.497 e. The lowest BCUT2D eigenvalue weighted by molar-refractivity contribution is -0.147. The number of carbonyl (C=O) groups excluding carboxylic acids is 3. The Morgan fingerprint density at radius 3 is 2.49 bits per heavy atom. The van der Waals surface area contributed by atoms with E-state index in [0.717, 1.165) is 36.0 Å². The summed E-state index contributed by atoms with van der Waals surface area (Å²) in [5.41, 5.74) is 3.80. The van der Waals surface area contributed by atoms with Crippen LogP contribution in [0.25, 0.3) is 0 Å². The van der Waals surface area contributed by atoms with Crippen LogP contribution in [0, 0.1) is 5.41 Å². The van der Waals surface area contributed by atoms with E-state index in [-0.39, 0.29) is 30.3 Å². The topological polar surface area (TPSA) is 99.8 Å². The summed E-state index contributed by atoms with van der Waals surface area (Å²) < 4.78 is 5.43. The maximum absolute atomic E-state index is 14.2. The summed E-state index contributed by atoms with van der Waals surface area (Å²) in [4.78, 5) is 42.7. The fourth-order valence-corrected chi connectivity index (χ4v) is 5.54. The van der Waals surface area contributed by atoms with Gasteiger partial charge in [-0.25, -0.2) is 0 Å². The molecule has 1 aliphatic carbocycles. The van der Waals surface area contributed by atoms with Crippen molar-refractivity contribution in [3.63, 3.8) is 0 Å². The third-order valence-electron chi connectivity index (χ3n) is 8.04. The molecule has 0 fully saturated rings. The predicted octanol–water partition coefficient (Wildman–Crippen LogP) is 3.28. The summed E-state index contributed by atoms with van der Waals surface area (Å²) in [7, 11) is 3.32. The molecule has 0 spiro atoms. The van der Waals surface area contributed by atoms with E-state index in [1.165, 1.54) is 5.56 Å². The first-order valence-corrected chi connectivity index (χ1v) is 13.9. The van der Waals surface area contributed by atoms with Gasteiger partial charge in [-0.3, -0.25) is 14.4 Å². The van der Waals surface area contributed by atoms with Gasteiger partial charge in [-0.05, 0) is 73.0 Å².